The Hall–Kier alpha value is -5.21. The molecule has 1 N–H and O–H groups in total. The Morgan fingerprint density at radius 2 is 1.56 bits per heavy atom. The first-order chi connectivity index (χ1) is 28.6. The fourth-order valence-electron chi connectivity index (χ4n) is 10.4. The van der Waals surface area contributed by atoms with Gasteiger partial charge in [0.05, 0.1) is 5.39 Å². The van der Waals surface area contributed by atoms with E-state index in [2.05, 4.69) is 79.7 Å². The molecule has 2 unspecified atom stereocenters. The van der Waals surface area contributed by atoms with Gasteiger partial charge in [0.25, 0.3) is 11.5 Å². The minimum atomic E-state index is -0.858. The van der Waals surface area contributed by atoms with Crippen LogP contribution in [-0.2, 0) is 20.8 Å². The molecule has 9 rings (SSSR count). The number of fused-ring (bicyclic) bond motifs is 2. The number of piperidine rings is 2. The Labute approximate surface area is 344 Å². The molecule has 5 aliphatic rings. The average molecular weight is 804 g/mol. The number of halogens is 1. The van der Waals surface area contributed by atoms with E-state index < -0.39 is 17.5 Å². The largest absolute Gasteiger partial charge is 0.371 e. The lowest BCUT2D eigenvalue weighted by Gasteiger charge is -2.37. The number of nitrogens with zero attached hydrogens (tertiary/aromatic N) is 8. The average Bonchev–Trinajstić information content (AvgIpc) is 3.90. The fourth-order valence-corrected chi connectivity index (χ4v) is 10.4. The summed E-state index contributed by atoms with van der Waals surface area (Å²) in [5.41, 5.74) is 5.57. The van der Waals surface area contributed by atoms with Crippen molar-refractivity contribution in [1.29, 1.82) is 0 Å². The predicted octanol–water partition coefficient (Wildman–Crippen LogP) is 4.27. The maximum atomic E-state index is 15.0. The number of carbonyl (C=O) groups excluding carboxylic acids is 3. The van der Waals surface area contributed by atoms with E-state index >= 15 is 0 Å². The van der Waals surface area contributed by atoms with Crippen LogP contribution in [0.2, 0.25) is 0 Å². The maximum absolute atomic E-state index is 15.0. The van der Waals surface area contributed by atoms with Crippen molar-refractivity contribution >= 4 is 40.0 Å². The zero-order chi connectivity index (χ0) is 40.8. The molecule has 1 aliphatic carbocycles. The molecule has 14 heteroatoms. The number of aryl methyl sites for hydroxylation is 1. The first-order valence-electron chi connectivity index (χ1n) is 21.4. The molecule has 4 fully saturated rings. The molecule has 0 radical (unpaired) electrons. The van der Waals surface area contributed by atoms with E-state index in [1.807, 2.05) is 23.1 Å². The minimum Gasteiger partial charge on any atom is -0.371 e. The lowest BCUT2D eigenvalue weighted by atomic mass is 9.91. The summed E-state index contributed by atoms with van der Waals surface area (Å²) in [4.78, 5) is 62.3. The number of aromatic nitrogens is 3. The monoisotopic (exact) mass is 803 g/mol. The minimum absolute atomic E-state index is 0.0686. The summed E-state index contributed by atoms with van der Waals surface area (Å²) in [7, 11) is 4.31. The van der Waals surface area contributed by atoms with Gasteiger partial charge in [0, 0.05) is 100 Å². The molecule has 310 valence electrons. The molecular formula is C45H54FN9O4. The third-order valence-electron chi connectivity index (χ3n) is 13.8. The second-order valence-corrected chi connectivity index (χ2v) is 17.4. The highest BCUT2D eigenvalue weighted by Gasteiger charge is 2.41. The zero-order valence-electron chi connectivity index (χ0n) is 34.1. The van der Waals surface area contributed by atoms with Gasteiger partial charge in [-0.1, -0.05) is 29.5 Å². The Bertz CT molecular complexity index is 2280. The van der Waals surface area contributed by atoms with Gasteiger partial charge >= 0.3 is 0 Å². The molecule has 0 saturated carbocycles. The molecule has 5 heterocycles. The summed E-state index contributed by atoms with van der Waals surface area (Å²) >= 11 is 0. The number of hydrogen-bond acceptors (Lipinski definition) is 10. The summed E-state index contributed by atoms with van der Waals surface area (Å²) in [5, 5.41) is 10.9. The lowest BCUT2D eigenvalue weighted by molar-refractivity contribution is -0.136. The number of anilines is 2. The number of benzene rings is 3. The van der Waals surface area contributed by atoms with Gasteiger partial charge < -0.3 is 19.6 Å². The highest BCUT2D eigenvalue weighted by molar-refractivity contribution is 5.99. The van der Waals surface area contributed by atoms with Gasteiger partial charge in [0.1, 0.15) is 17.4 Å². The second kappa shape index (κ2) is 16.4. The summed E-state index contributed by atoms with van der Waals surface area (Å²) in [6.45, 7) is 6.55. The van der Waals surface area contributed by atoms with Crippen LogP contribution >= 0.6 is 0 Å². The van der Waals surface area contributed by atoms with Crippen molar-refractivity contribution in [2.24, 2.45) is 5.92 Å². The highest BCUT2D eigenvalue weighted by Crippen LogP contribution is 2.43. The molecule has 4 saturated heterocycles. The Kier molecular flexibility index (Phi) is 10.9. The van der Waals surface area contributed by atoms with Crippen LogP contribution in [0, 0.1) is 11.7 Å². The summed E-state index contributed by atoms with van der Waals surface area (Å²) in [5.74, 6) is 0.0867. The molecule has 1 aromatic heterocycles. The predicted molar refractivity (Wildman–Crippen MR) is 224 cm³/mol. The van der Waals surface area contributed by atoms with E-state index in [4.69, 9.17) is 0 Å². The molecule has 4 aliphatic heterocycles. The van der Waals surface area contributed by atoms with E-state index in [1.165, 1.54) is 11.3 Å². The van der Waals surface area contributed by atoms with Gasteiger partial charge in [0.15, 0.2) is 0 Å². The van der Waals surface area contributed by atoms with Crippen LogP contribution in [0.15, 0.2) is 65.5 Å². The molecule has 4 aromatic rings. The highest BCUT2D eigenvalue weighted by atomic mass is 19.1. The van der Waals surface area contributed by atoms with Crippen LogP contribution in [0.3, 0.4) is 0 Å². The van der Waals surface area contributed by atoms with Gasteiger partial charge in [-0.15, -0.1) is 5.10 Å². The number of carbonyl (C=O) groups is 3. The van der Waals surface area contributed by atoms with Crippen molar-refractivity contribution < 1.29 is 18.8 Å². The topological polar surface area (TPSA) is 127 Å². The molecule has 0 bridgehead atoms. The van der Waals surface area contributed by atoms with Crippen LogP contribution < -0.4 is 20.7 Å². The third-order valence-corrected chi connectivity index (χ3v) is 13.8. The van der Waals surface area contributed by atoms with Crippen molar-refractivity contribution in [2.45, 2.75) is 75.4 Å². The van der Waals surface area contributed by atoms with E-state index in [0.29, 0.717) is 35.2 Å². The first-order valence-corrected chi connectivity index (χ1v) is 21.4. The number of nitrogens with one attached hydrogen (secondary N) is 1. The van der Waals surface area contributed by atoms with Gasteiger partial charge in [-0.2, -0.15) is 4.68 Å². The Morgan fingerprint density at radius 1 is 0.831 bits per heavy atom. The molecule has 3 aromatic carbocycles. The number of imide groups is 1. The van der Waals surface area contributed by atoms with Crippen molar-refractivity contribution in [3.63, 3.8) is 0 Å². The first kappa shape index (κ1) is 39.3. The van der Waals surface area contributed by atoms with Crippen molar-refractivity contribution in [1.82, 2.24) is 35.0 Å². The van der Waals surface area contributed by atoms with Gasteiger partial charge in [0.2, 0.25) is 11.8 Å². The van der Waals surface area contributed by atoms with Crippen molar-refractivity contribution in [3.8, 4) is 0 Å². The van der Waals surface area contributed by atoms with Gasteiger partial charge in [-0.05, 0) is 106 Å². The summed E-state index contributed by atoms with van der Waals surface area (Å²) < 4.78 is 16.0. The number of likely N-dealkylation sites (N-methyl/N-ethyl adjacent to an activating group) is 1. The van der Waals surface area contributed by atoms with Crippen LogP contribution in [0.25, 0.3) is 10.9 Å². The fraction of sp³-hybridized carbons (Fsp3) is 0.511. The molecule has 0 spiro atoms. The summed E-state index contributed by atoms with van der Waals surface area (Å²) in [6.07, 6.45) is 5.63. The molecule has 3 amide bonds. The smallest absolute Gasteiger partial charge is 0.278 e. The van der Waals surface area contributed by atoms with Crippen molar-refractivity contribution in [2.75, 3.05) is 76.3 Å². The van der Waals surface area contributed by atoms with Crippen molar-refractivity contribution in [3.05, 3.63) is 93.5 Å². The number of rotatable bonds is 9. The number of piperazine rings is 1. The van der Waals surface area contributed by atoms with Gasteiger partial charge in [-0.3, -0.25) is 29.4 Å². The lowest BCUT2D eigenvalue weighted by Crippen LogP contribution is -2.48. The van der Waals surface area contributed by atoms with Gasteiger partial charge in [-0.25, -0.2) is 4.39 Å². The van der Waals surface area contributed by atoms with Crippen LogP contribution in [0.4, 0.5) is 15.8 Å². The number of hydrogen-bond donors (Lipinski definition) is 1. The third kappa shape index (κ3) is 7.84. The Balaban J connectivity index is 0.743. The van der Waals surface area contributed by atoms with Crippen LogP contribution in [-0.4, -0.2) is 120 Å². The van der Waals surface area contributed by atoms with E-state index in [1.54, 1.807) is 12.1 Å². The zero-order valence-corrected chi connectivity index (χ0v) is 34.1. The molecule has 4 atom stereocenters. The van der Waals surface area contributed by atoms with E-state index in [0.717, 1.165) is 106 Å². The Morgan fingerprint density at radius 3 is 2.31 bits per heavy atom. The molecule has 13 nitrogen and oxygen atoms in total. The standard InChI is InChI=1S/C45H54FN9O4/c1-50(2)40-28-54(38-14-9-31-4-3-5-36(46)43(31)38)27-35(40)30-7-10-32(11-8-30)52-22-24-53(25-23-52)42(57)17-6-29-18-20-51(21-19-29)33-12-13-37-34(26-33)45(59)55(49-48-37)39-15-16-41(56)47-44(39)58/h3-5,7-8,10-13,26,29,35,38-40H,6,9,14-25,27-28H2,1-2H3,(H,47,56,58)/t35-,38?,39?,40+/m1/s1. The quantitative estimate of drug-likeness (QED) is 0.245. The SMILES string of the molecule is CN(C)[C@H]1CN(C2CCc3cccc(F)c32)C[C@@H]1c1ccc(N2CCN(C(=O)CCC3CCN(c4ccc5nnn(C6CCC(=O)NC6=O)c(=O)c5c4)CC3)CC2)cc1. The summed E-state index contributed by atoms with van der Waals surface area (Å²) in [6, 6.07) is 19.8. The maximum Gasteiger partial charge on any atom is 0.278 e. The van der Waals surface area contributed by atoms with Crippen LogP contribution in [0.1, 0.15) is 79.6 Å². The van der Waals surface area contributed by atoms with Crippen LogP contribution in [0.5, 0.6) is 0 Å². The normalized spacial score (nSPS) is 24.3. The number of likely N-dealkylation sites (tertiary alicyclic amines) is 1. The second-order valence-electron chi connectivity index (χ2n) is 17.4. The van der Waals surface area contributed by atoms with E-state index in [9.17, 15) is 23.6 Å². The molecule has 59 heavy (non-hydrogen) atoms. The molecular weight excluding hydrogens is 750 g/mol. The number of amides is 3. The van der Waals surface area contributed by atoms with E-state index in [-0.39, 0.29) is 36.5 Å².